The Balaban J connectivity index is 3.44. The first kappa shape index (κ1) is 23.1. The van der Waals surface area contributed by atoms with E-state index in [4.69, 9.17) is 9.79 Å². The van der Waals surface area contributed by atoms with Crippen LogP contribution in [0.4, 0.5) is 0 Å². The maximum absolute atomic E-state index is 10.7. The molecule has 0 amide bonds. The van der Waals surface area contributed by atoms with Crippen LogP contribution in [-0.4, -0.2) is 15.9 Å². The normalized spacial score (nSPS) is 13.3. The van der Waals surface area contributed by atoms with Crippen LogP contribution in [-0.2, 0) is 4.57 Å². The Morgan fingerprint density at radius 1 is 0.667 bits per heavy atom. The fourth-order valence-electron chi connectivity index (χ4n) is 2.14. The van der Waals surface area contributed by atoms with Gasteiger partial charge in [0, 0.05) is 6.16 Å². The van der Waals surface area contributed by atoms with Crippen LogP contribution in [0.5, 0.6) is 0 Å². The van der Waals surface area contributed by atoms with Crippen molar-refractivity contribution in [1.29, 1.82) is 0 Å². The third kappa shape index (κ3) is 21.1. The van der Waals surface area contributed by atoms with Crippen LogP contribution >= 0.6 is 7.60 Å². The molecule has 4 heteroatoms. The fraction of sp³-hybridized carbons (Fsp3) is 0.600. The van der Waals surface area contributed by atoms with Crippen molar-refractivity contribution >= 4 is 7.60 Å². The van der Waals surface area contributed by atoms with Crippen molar-refractivity contribution in [2.45, 2.75) is 71.1 Å². The van der Waals surface area contributed by atoms with Gasteiger partial charge in [-0.1, -0.05) is 68.4 Å². The largest absolute Gasteiger partial charge is 0.325 e. The van der Waals surface area contributed by atoms with Crippen LogP contribution in [0.2, 0.25) is 0 Å². The molecule has 0 aromatic rings. The van der Waals surface area contributed by atoms with E-state index in [-0.39, 0.29) is 6.16 Å². The summed E-state index contributed by atoms with van der Waals surface area (Å²) in [4.78, 5) is 17.5. The number of unbranched alkanes of at least 4 members (excludes halogenated alkanes) is 5. The molecule has 24 heavy (non-hydrogen) atoms. The Bertz CT molecular complexity index is 430. The van der Waals surface area contributed by atoms with Crippen LogP contribution in [0.1, 0.15) is 71.1 Å². The fourth-order valence-corrected chi connectivity index (χ4v) is 2.78. The molecule has 0 bridgehead atoms. The quantitative estimate of drug-likeness (QED) is 0.206. The Morgan fingerprint density at radius 2 is 1.08 bits per heavy atom. The maximum Gasteiger partial charge on any atom is 0.325 e. The van der Waals surface area contributed by atoms with Crippen molar-refractivity contribution in [3.63, 3.8) is 0 Å². The molecular formula is C20H35O3P. The summed E-state index contributed by atoms with van der Waals surface area (Å²) in [6.45, 7) is 2.23. The smallest absolute Gasteiger partial charge is 0.324 e. The summed E-state index contributed by atoms with van der Waals surface area (Å²) in [6.07, 6.45) is 27.8. The van der Waals surface area contributed by atoms with Crippen molar-refractivity contribution in [3.05, 3.63) is 48.6 Å². The molecule has 0 aromatic heterocycles. The summed E-state index contributed by atoms with van der Waals surface area (Å²) >= 11 is 0. The SMILES string of the molecule is CCCCCC=CCC=CCC=CCC=CCCCCP(=O)(O)O. The third-order valence-electron chi connectivity index (χ3n) is 3.53. The molecule has 0 spiro atoms. The van der Waals surface area contributed by atoms with Crippen LogP contribution < -0.4 is 0 Å². The lowest BCUT2D eigenvalue weighted by Crippen LogP contribution is -1.86. The average molecular weight is 354 g/mol. The Kier molecular flexibility index (Phi) is 16.3. The molecule has 0 saturated heterocycles. The zero-order valence-corrected chi connectivity index (χ0v) is 16.0. The highest BCUT2D eigenvalue weighted by molar-refractivity contribution is 7.51. The van der Waals surface area contributed by atoms with Crippen LogP contribution in [0.3, 0.4) is 0 Å². The lowest BCUT2D eigenvalue weighted by molar-refractivity contribution is 0.371. The molecule has 0 aliphatic heterocycles. The minimum atomic E-state index is -3.80. The van der Waals surface area contributed by atoms with E-state index in [0.717, 1.165) is 32.1 Å². The number of allylic oxidation sites excluding steroid dienone is 8. The van der Waals surface area contributed by atoms with Crippen molar-refractivity contribution < 1.29 is 14.4 Å². The van der Waals surface area contributed by atoms with E-state index in [0.29, 0.717) is 6.42 Å². The zero-order valence-electron chi connectivity index (χ0n) is 15.1. The van der Waals surface area contributed by atoms with Gasteiger partial charge in [-0.25, -0.2) is 0 Å². The predicted molar refractivity (Wildman–Crippen MR) is 105 cm³/mol. The van der Waals surface area contributed by atoms with Gasteiger partial charge in [-0.3, -0.25) is 4.57 Å². The first-order valence-corrected chi connectivity index (χ1v) is 11.0. The topological polar surface area (TPSA) is 57.5 Å². The van der Waals surface area contributed by atoms with Crippen molar-refractivity contribution in [2.24, 2.45) is 0 Å². The van der Waals surface area contributed by atoms with E-state index in [1.54, 1.807) is 0 Å². The van der Waals surface area contributed by atoms with E-state index >= 15 is 0 Å². The lowest BCUT2D eigenvalue weighted by atomic mass is 10.2. The zero-order chi connectivity index (χ0) is 17.9. The minimum Gasteiger partial charge on any atom is -0.324 e. The van der Waals surface area contributed by atoms with E-state index in [9.17, 15) is 4.57 Å². The van der Waals surface area contributed by atoms with Crippen molar-refractivity contribution in [3.8, 4) is 0 Å². The molecule has 0 rings (SSSR count). The van der Waals surface area contributed by atoms with Gasteiger partial charge in [0.15, 0.2) is 0 Å². The predicted octanol–water partition coefficient (Wildman–Crippen LogP) is 6.31. The first-order valence-electron chi connectivity index (χ1n) is 9.21. The number of rotatable bonds is 15. The Hall–Kier alpha value is -0.890. The van der Waals surface area contributed by atoms with Gasteiger partial charge in [0.1, 0.15) is 0 Å². The summed E-state index contributed by atoms with van der Waals surface area (Å²) in [6, 6.07) is 0. The van der Waals surface area contributed by atoms with Crippen LogP contribution in [0, 0.1) is 0 Å². The van der Waals surface area contributed by atoms with Gasteiger partial charge in [0.05, 0.1) is 0 Å². The third-order valence-corrected chi connectivity index (χ3v) is 4.43. The molecule has 0 aromatic carbocycles. The molecule has 2 N–H and O–H groups in total. The number of hydrogen-bond donors (Lipinski definition) is 2. The Labute approximate surface area is 148 Å². The summed E-state index contributed by atoms with van der Waals surface area (Å²) in [5.74, 6) is 0. The molecule has 0 aliphatic rings. The van der Waals surface area contributed by atoms with Gasteiger partial charge in [0.25, 0.3) is 0 Å². The van der Waals surface area contributed by atoms with E-state index < -0.39 is 7.60 Å². The molecular weight excluding hydrogens is 319 g/mol. The summed E-state index contributed by atoms with van der Waals surface area (Å²) in [5, 5.41) is 0. The van der Waals surface area contributed by atoms with Crippen molar-refractivity contribution in [1.82, 2.24) is 0 Å². The second kappa shape index (κ2) is 17.0. The van der Waals surface area contributed by atoms with Gasteiger partial charge in [-0.2, -0.15) is 0 Å². The molecule has 0 radical (unpaired) electrons. The highest BCUT2D eigenvalue weighted by Crippen LogP contribution is 2.35. The highest BCUT2D eigenvalue weighted by Gasteiger charge is 2.10. The Morgan fingerprint density at radius 3 is 1.50 bits per heavy atom. The minimum absolute atomic E-state index is 0.000998. The van der Waals surface area contributed by atoms with Crippen LogP contribution in [0.15, 0.2) is 48.6 Å². The van der Waals surface area contributed by atoms with Gasteiger partial charge in [0.2, 0.25) is 0 Å². The molecule has 0 heterocycles. The van der Waals surface area contributed by atoms with Gasteiger partial charge >= 0.3 is 7.60 Å². The summed E-state index contributed by atoms with van der Waals surface area (Å²) < 4.78 is 10.7. The molecule has 3 nitrogen and oxygen atoms in total. The van der Waals surface area contributed by atoms with E-state index in [1.165, 1.54) is 25.7 Å². The van der Waals surface area contributed by atoms with Gasteiger partial charge in [-0.15, -0.1) is 0 Å². The molecule has 0 aliphatic carbocycles. The summed E-state index contributed by atoms with van der Waals surface area (Å²) in [5.41, 5.74) is 0. The monoisotopic (exact) mass is 354 g/mol. The molecule has 0 unspecified atom stereocenters. The van der Waals surface area contributed by atoms with Crippen molar-refractivity contribution in [2.75, 3.05) is 6.16 Å². The van der Waals surface area contributed by atoms with Crippen LogP contribution in [0.25, 0.3) is 0 Å². The highest BCUT2D eigenvalue weighted by atomic mass is 31.2. The second-order valence-corrected chi connectivity index (χ2v) is 7.75. The standard InChI is InChI=1S/C20H35O3P/c1-2-3-4-5-6-7-8-9-10-11-12-13-14-15-16-17-18-19-20-24(21,22)23/h6-7,9-10,12-13,15-16H,2-5,8,11,14,17-20H2,1H3,(H2,21,22,23). The lowest BCUT2D eigenvalue weighted by Gasteiger charge is -2.01. The molecule has 138 valence electrons. The maximum atomic E-state index is 10.7. The second-order valence-electron chi connectivity index (χ2n) is 5.97. The molecule has 0 saturated carbocycles. The molecule has 0 fully saturated rings. The first-order chi connectivity index (χ1) is 11.6. The van der Waals surface area contributed by atoms with Gasteiger partial charge in [-0.05, 0) is 51.4 Å². The van der Waals surface area contributed by atoms with Gasteiger partial charge < -0.3 is 9.79 Å². The molecule has 0 atom stereocenters. The van der Waals surface area contributed by atoms with E-state index in [2.05, 4.69) is 55.5 Å². The van der Waals surface area contributed by atoms with E-state index in [1.807, 2.05) is 0 Å². The summed E-state index contributed by atoms with van der Waals surface area (Å²) in [7, 11) is -3.80. The number of hydrogen-bond acceptors (Lipinski definition) is 1. The average Bonchev–Trinajstić information content (AvgIpc) is 2.52.